The third-order valence-corrected chi connectivity index (χ3v) is 2.12. The van der Waals surface area contributed by atoms with Crippen LogP contribution < -0.4 is 15.6 Å². The fraction of sp³-hybridized carbons (Fsp3) is 0.300. The second kappa shape index (κ2) is 4.69. The van der Waals surface area contributed by atoms with Gasteiger partial charge in [0.25, 0.3) is 5.56 Å². The van der Waals surface area contributed by atoms with Crippen LogP contribution in [0.1, 0.15) is 11.5 Å². The van der Waals surface area contributed by atoms with Gasteiger partial charge in [0.2, 0.25) is 5.75 Å². The van der Waals surface area contributed by atoms with Crippen molar-refractivity contribution < 1.29 is 9.26 Å². The van der Waals surface area contributed by atoms with E-state index < -0.39 is 0 Å². The topological polar surface area (TPSA) is 93.0 Å². The molecule has 7 nitrogen and oxygen atoms in total. The number of ether oxygens (including phenoxy) is 1. The van der Waals surface area contributed by atoms with Gasteiger partial charge in [-0.25, -0.2) is 4.98 Å². The second-order valence-electron chi connectivity index (χ2n) is 3.40. The first-order valence-electron chi connectivity index (χ1n) is 4.98. The number of methoxy groups -OCH3 is 1. The van der Waals surface area contributed by atoms with E-state index in [0.29, 0.717) is 18.1 Å². The second-order valence-corrected chi connectivity index (χ2v) is 3.40. The average Bonchev–Trinajstić information content (AvgIpc) is 2.72. The van der Waals surface area contributed by atoms with Crippen molar-refractivity contribution in [2.75, 3.05) is 12.4 Å². The summed E-state index contributed by atoms with van der Waals surface area (Å²) >= 11 is 0. The van der Waals surface area contributed by atoms with E-state index in [1.54, 1.807) is 6.07 Å². The molecular formula is C10H12N4O3. The van der Waals surface area contributed by atoms with E-state index in [4.69, 9.17) is 9.26 Å². The Morgan fingerprint density at radius 3 is 3.06 bits per heavy atom. The summed E-state index contributed by atoms with van der Waals surface area (Å²) in [4.78, 5) is 17.8. The van der Waals surface area contributed by atoms with Crippen LogP contribution in [0.25, 0.3) is 0 Å². The van der Waals surface area contributed by atoms with Gasteiger partial charge in [0.15, 0.2) is 11.6 Å². The Hall–Kier alpha value is -2.31. The first kappa shape index (κ1) is 11.2. The largest absolute Gasteiger partial charge is 0.489 e. The smallest absolute Gasteiger partial charge is 0.295 e. The Morgan fingerprint density at radius 2 is 2.41 bits per heavy atom. The Bertz CT molecular complexity index is 561. The molecule has 17 heavy (non-hydrogen) atoms. The maximum absolute atomic E-state index is 11.4. The van der Waals surface area contributed by atoms with Gasteiger partial charge in [-0.2, -0.15) is 0 Å². The van der Waals surface area contributed by atoms with Crippen LogP contribution in [0.3, 0.4) is 0 Å². The minimum atomic E-state index is -0.334. The monoisotopic (exact) mass is 236 g/mol. The molecule has 0 saturated carbocycles. The Kier molecular flexibility index (Phi) is 3.08. The molecule has 0 aromatic carbocycles. The molecule has 2 rings (SSSR count). The first-order valence-corrected chi connectivity index (χ1v) is 4.98. The number of anilines is 1. The number of H-pyrrole nitrogens is 1. The third kappa shape index (κ3) is 2.44. The minimum absolute atomic E-state index is 0.142. The molecule has 0 aliphatic heterocycles. The first-order chi connectivity index (χ1) is 8.20. The van der Waals surface area contributed by atoms with E-state index >= 15 is 0 Å². The van der Waals surface area contributed by atoms with Crippen molar-refractivity contribution in [3.8, 4) is 5.75 Å². The Balaban J connectivity index is 2.14. The van der Waals surface area contributed by atoms with Gasteiger partial charge in [-0.15, -0.1) is 0 Å². The van der Waals surface area contributed by atoms with E-state index in [1.165, 1.54) is 13.4 Å². The molecule has 2 aromatic rings. The molecule has 2 N–H and O–H groups in total. The van der Waals surface area contributed by atoms with Crippen molar-refractivity contribution in [2.45, 2.75) is 13.5 Å². The van der Waals surface area contributed by atoms with Gasteiger partial charge in [0.05, 0.1) is 25.7 Å². The highest BCUT2D eigenvalue weighted by Gasteiger charge is 2.09. The number of aryl methyl sites for hydroxylation is 1. The number of hydrogen-bond donors (Lipinski definition) is 2. The molecule has 0 unspecified atom stereocenters. The number of nitrogens with zero attached hydrogens (tertiary/aromatic N) is 2. The van der Waals surface area contributed by atoms with Gasteiger partial charge in [-0.3, -0.25) is 4.79 Å². The summed E-state index contributed by atoms with van der Waals surface area (Å²) in [6.45, 7) is 2.21. The van der Waals surface area contributed by atoms with Crippen molar-refractivity contribution >= 4 is 5.82 Å². The Labute approximate surface area is 96.8 Å². The maximum atomic E-state index is 11.4. The minimum Gasteiger partial charge on any atom is -0.489 e. The Morgan fingerprint density at radius 1 is 1.59 bits per heavy atom. The van der Waals surface area contributed by atoms with Gasteiger partial charge >= 0.3 is 0 Å². The van der Waals surface area contributed by atoms with Crippen LogP contribution in [0.15, 0.2) is 21.7 Å². The summed E-state index contributed by atoms with van der Waals surface area (Å²) < 4.78 is 9.98. The zero-order valence-corrected chi connectivity index (χ0v) is 9.48. The highest BCUT2D eigenvalue weighted by molar-refractivity contribution is 5.47. The lowest BCUT2D eigenvalue weighted by molar-refractivity contribution is 0.383. The lowest BCUT2D eigenvalue weighted by Gasteiger charge is -2.06. The van der Waals surface area contributed by atoms with Crippen LogP contribution >= 0.6 is 0 Å². The van der Waals surface area contributed by atoms with Gasteiger partial charge in [0.1, 0.15) is 0 Å². The van der Waals surface area contributed by atoms with Crippen molar-refractivity contribution in [2.24, 2.45) is 0 Å². The van der Waals surface area contributed by atoms with Gasteiger partial charge in [-0.05, 0) is 6.92 Å². The fourth-order valence-corrected chi connectivity index (χ4v) is 1.37. The van der Waals surface area contributed by atoms with Crippen LogP contribution in [0, 0.1) is 6.92 Å². The molecule has 0 fully saturated rings. The highest BCUT2D eigenvalue weighted by Crippen LogP contribution is 2.15. The van der Waals surface area contributed by atoms with Crippen molar-refractivity contribution in [3.63, 3.8) is 0 Å². The molecular weight excluding hydrogens is 224 g/mol. The standard InChI is InChI=1S/C10H12N4O3/c1-6-3-7(17-14-6)4-11-9-8(16-2)10(15)13-5-12-9/h3,5H,4H2,1-2H3,(H2,11,12,13,15). The molecule has 2 aromatic heterocycles. The quantitative estimate of drug-likeness (QED) is 0.811. The maximum Gasteiger partial charge on any atom is 0.295 e. The number of aromatic nitrogens is 3. The van der Waals surface area contributed by atoms with Gasteiger partial charge in [-0.1, -0.05) is 5.16 Å². The SMILES string of the molecule is COc1c(NCc2cc(C)no2)nc[nH]c1=O. The van der Waals surface area contributed by atoms with E-state index in [-0.39, 0.29) is 11.3 Å². The fourth-order valence-electron chi connectivity index (χ4n) is 1.37. The zero-order valence-electron chi connectivity index (χ0n) is 9.48. The van der Waals surface area contributed by atoms with Crippen molar-refractivity contribution in [1.29, 1.82) is 0 Å². The molecule has 0 saturated heterocycles. The molecule has 0 spiro atoms. The summed E-state index contributed by atoms with van der Waals surface area (Å²) in [5, 5.41) is 6.70. The van der Waals surface area contributed by atoms with Gasteiger partial charge in [0, 0.05) is 6.07 Å². The van der Waals surface area contributed by atoms with E-state index in [2.05, 4.69) is 20.4 Å². The summed E-state index contributed by atoms with van der Waals surface area (Å²) in [6, 6.07) is 1.80. The van der Waals surface area contributed by atoms with Crippen molar-refractivity contribution in [3.05, 3.63) is 34.2 Å². The number of nitrogens with one attached hydrogen (secondary N) is 2. The number of aromatic amines is 1. The lowest BCUT2D eigenvalue weighted by Crippen LogP contribution is -2.13. The molecule has 0 aliphatic carbocycles. The molecule has 7 heteroatoms. The van der Waals surface area contributed by atoms with Crippen LogP contribution in [-0.4, -0.2) is 22.2 Å². The summed E-state index contributed by atoms with van der Waals surface area (Å²) in [7, 11) is 1.41. The molecule has 90 valence electrons. The molecule has 0 amide bonds. The van der Waals surface area contributed by atoms with Crippen molar-refractivity contribution in [1.82, 2.24) is 15.1 Å². The van der Waals surface area contributed by atoms with E-state index in [0.717, 1.165) is 5.69 Å². The highest BCUT2D eigenvalue weighted by atomic mass is 16.5. The molecule has 2 heterocycles. The number of rotatable bonds is 4. The van der Waals surface area contributed by atoms with Gasteiger partial charge < -0.3 is 19.6 Å². The predicted octanol–water partition coefficient (Wildman–Crippen LogP) is 0.687. The zero-order chi connectivity index (χ0) is 12.3. The average molecular weight is 236 g/mol. The number of hydrogen-bond acceptors (Lipinski definition) is 6. The molecule has 0 atom stereocenters. The summed E-state index contributed by atoms with van der Waals surface area (Å²) in [5.74, 6) is 1.17. The lowest BCUT2D eigenvalue weighted by atomic mass is 10.4. The normalized spacial score (nSPS) is 10.2. The summed E-state index contributed by atoms with van der Waals surface area (Å²) in [6.07, 6.45) is 1.30. The predicted molar refractivity (Wildman–Crippen MR) is 60.0 cm³/mol. The molecule has 0 radical (unpaired) electrons. The van der Waals surface area contributed by atoms with Crippen LogP contribution in [0.4, 0.5) is 5.82 Å². The van der Waals surface area contributed by atoms with Crippen LogP contribution in [0.2, 0.25) is 0 Å². The van der Waals surface area contributed by atoms with E-state index in [1.807, 2.05) is 6.92 Å². The summed E-state index contributed by atoms with van der Waals surface area (Å²) in [5.41, 5.74) is 0.464. The third-order valence-electron chi connectivity index (χ3n) is 2.12. The van der Waals surface area contributed by atoms with Crippen LogP contribution in [-0.2, 0) is 6.54 Å². The molecule has 0 aliphatic rings. The molecule has 0 bridgehead atoms. The van der Waals surface area contributed by atoms with Crippen LogP contribution in [0.5, 0.6) is 5.75 Å². The van der Waals surface area contributed by atoms with E-state index in [9.17, 15) is 4.79 Å².